The number of ether oxygens (including phenoxy) is 2. The van der Waals surface area contributed by atoms with Gasteiger partial charge in [0.05, 0.1) is 19.3 Å². The van der Waals surface area contributed by atoms with Crippen LogP contribution in [-0.4, -0.2) is 34.9 Å². The van der Waals surface area contributed by atoms with Gasteiger partial charge in [-0.05, 0) is 12.0 Å². The van der Waals surface area contributed by atoms with Crippen LogP contribution in [0.2, 0.25) is 0 Å². The molecule has 1 aliphatic rings. The van der Waals surface area contributed by atoms with Crippen LogP contribution in [0.3, 0.4) is 0 Å². The molecule has 100 valence electrons. The van der Waals surface area contributed by atoms with E-state index in [9.17, 15) is 10.2 Å². The van der Waals surface area contributed by atoms with Gasteiger partial charge in [0.25, 0.3) is 0 Å². The third-order valence-electron chi connectivity index (χ3n) is 2.96. The van der Waals surface area contributed by atoms with Crippen LogP contribution in [0.25, 0.3) is 0 Å². The number of halogens is 1. The molecule has 2 atom stereocenters. The summed E-state index contributed by atoms with van der Waals surface area (Å²) in [6.45, 7) is 1.11. The first-order valence-corrected chi connectivity index (χ1v) is 7.10. The van der Waals surface area contributed by atoms with E-state index >= 15 is 0 Å². The van der Waals surface area contributed by atoms with Crippen LogP contribution in [0.1, 0.15) is 29.9 Å². The maximum absolute atomic E-state index is 10.2. The Morgan fingerprint density at radius 1 is 1.22 bits per heavy atom. The van der Waals surface area contributed by atoms with E-state index in [1.165, 1.54) is 0 Å². The van der Waals surface area contributed by atoms with Crippen molar-refractivity contribution in [2.75, 3.05) is 18.5 Å². The van der Waals surface area contributed by atoms with E-state index < -0.39 is 18.5 Å². The molecule has 0 amide bonds. The van der Waals surface area contributed by atoms with Gasteiger partial charge >= 0.3 is 0 Å². The third-order valence-corrected chi connectivity index (χ3v) is 3.42. The van der Waals surface area contributed by atoms with E-state index in [2.05, 4.69) is 15.9 Å². The first kappa shape index (κ1) is 14.0. The standard InChI is InChI=1S/C13H17BrO4/c14-6-5-11(15)12(16)9-3-1-2-4-10(9)13-17-7-8-18-13/h1-4,11-13,15-16H,5-8H2. The van der Waals surface area contributed by atoms with Crippen molar-refractivity contribution in [3.05, 3.63) is 35.4 Å². The summed E-state index contributed by atoms with van der Waals surface area (Å²) in [7, 11) is 0. The largest absolute Gasteiger partial charge is 0.390 e. The van der Waals surface area contributed by atoms with Gasteiger partial charge in [0.1, 0.15) is 6.10 Å². The van der Waals surface area contributed by atoms with Gasteiger partial charge in [0.2, 0.25) is 0 Å². The molecule has 0 radical (unpaired) electrons. The lowest BCUT2D eigenvalue weighted by Crippen LogP contribution is -2.20. The number of hydrogen-bond acceptors (Lipinski definition) is 4. The van der Waals surface area contributed by atoms with Gasteiger partial charge in [-0.25, -0.2) is 0 Å². The van der Waals surface area contributed by atoms with Crippen molar-refractivity contribution < 1.29 is 19.7 Å². The Kier molecular flexibility index (Phi) is 5.14. The fourth-order valence-electron chi connectivity index (χ4n) is 2.01. The zero-order valence-electron chi connectivity index (χ0n) is 9.96. The molecule has 0 spiro atoms. The Labute approximate surface area is 115 Å². The molecule has 0 aliphatic carbocycles. The second-order valence-electron chi connectivity index (χ2n) is 4.19. The molecular weight excluding hydrogens is 300 g/mol. The van der Waals surface area contributed by atoms with Gasteiger partial charge in [-0.2, -0.15) is 0 Å². The first-order chi connectivity index (χ1) is 8.74. The maximum Gasteiger partial charge on any atom is 0.184 e. The third kappa shape index (κ3) is 3.10. The topological polar surface area (TPSA) is 58.9 Å². The predicted molar refractivity (Wildman–Crippen MR) is 70.5 cm³/mol. The lowest BCUT2D eigenvalue weighted by atomic mass is 9.97. The minimum Gasteiger partial charge on any atom is -0.390 e. The Hall–Kier alpha value is -0.460. The second-order valence-corrected chi connectivity index (χ2v) is 4.99. The van der Waals surface area contributed by atoms with Gasteiger partial charge in [0, 0.05) is 10.9 Å². The van der Waals surface area contributed by atoms with Crippen molar-refractivity contribution in [1.29, 1.82) is 0 Å². The molecule has 0 saturated carbocycles. The molecule has 2 N–H and O–H groups in total. The summed E-state index contributed by atoms with van der Waals surface area (Å²) in [5.74, 6) is 0. The van der Waals surface area contributed by atoms with E-state index in [0.29, 0.717) is 30.5 Å². The number of hydrogen-bond donors (Lipinski definition) is 2. The fourth-order valence-corrected chi connectivity index (χ4v) is 2.48. The molecule has 1 aromatic carbocycles. The first-order valence-electron chi connectivity index (χ1n) is 5.98. The molecule has 1 fully saturated rings. The minimum absolute atomic E-state index is 0.438. The van der Waals surface area contributed by atoms with E-state index in [4.69, 9.17) is 9.47 Å². The van der Waals surface area contributed by atoms with Crippen molar-refractivity contribution in [3.63, 3.8) is 0 Å². The quantitative estimate of drug-likeness (QED) is 0.815. The molecular formula is C13H17BrO4. The van der Waals surface area contributed by atoms with Crippen LogP contribution >= 0.6 is 15.9 Å². The Balaban J connectivity index is 2.20. The fraction of sp³-hybridized carbons (Fsp3) is 0.538. The predicted octanol–water partition coefficient (Wildman–Crippen LogP) is 1.91. The summed E-state index contributed by atoms with van der Waals surface area (Å²) >= 11 is 3.26. The van der Waals surface area contributed by atoms with Gasteiger partial charge in [-0.1, -0.05) is 40.2 Å². The minimum atomic E-state index is -0.924. The number of aliphatic hydroxyl groups is 2. The van der Waals surface area contributed by atoms with Crippen LogP contribution in [-0.2, 0) is 9.47 Å². The maximum atomic E-state index is 10.2. The Morgan fingerprint density at radius 2 is 1.89 bits per heavy atom. The zero-order chi connectivity index (χ0) is 13.0. The smallest absolute Gasteiger partial charge is 0.184 e. The highest BCUT2D eigenvalue weighted by molar-refractivity contribution is 9.09. The number of aliphatic hydroxyl groups excluding tert-OH is 2. The van der Waals surface area contributed by atoms with Crippen LogP contribution in [0.15, 0.2) is 24.3 Å². The Morgan fingerprint density at radius 3 is 2.56 bits per heavy atom. The molecule has 5 heteroatoms. The molecule has 1 saturated heterocycles. The van der Waals surface area contributed by atoms with Crippen molar-refractivity contribution >= 4 is 15.9 Å². The monoisotopic (exact) mass is 316 g/mol. The van der Waals surface area contributed by atoms with E-state index in [1.54, 1.807) is 6.07 Å². The summed E-state index contributed by atoms with van der Waals surface area (Å²) in [5, 5.41) is 20.7. The van der Waals surface area contributed by atoms with Gasteiger partial charge in [-0.3, -0.25) is 0 Å². The lowest BCUT2D eigenvalue weighted by molar-refractivity contribution is -0.0486. The molecule has 4 nitrogen and oxygen atoms in total. The van der Waals surface area contributed by atoms with Gasteiger partial charge < -0.3 is 19.7 Å². The van der Waals surface area contributed by atoms with Crippen LogP contribution in [0, 0.1) is 0 Å². The molecule has 1 aliphatic heterocycles. The van der Waals surface area contributed by atoms with Crippen LogP contribution in [0.4, 0.5) is 0 Å². The summed E-state index contributed by atoms with van der Waals surface area (Å²) in [6.07, 6.45) is -1.67. The molecule has 0 bridgehead atoms. The molecule has 1 heterocycles. The highest BCUT2D eigenvalue weighted by Gasteiger charge is 2.26. The van der Waals surface area contributed by atoms with Crippen molar-refractivity contribution in [2.24, 2.45) is 0 Å². The van der Waals surface area contributed by atoms with Crippen LogP contribution in [0.5, 0.6) is 0 Å². The molecule has 18 heavy (non-hydrogen) atoms. The highest BCUT2D eigenvalue weighted by atomic mass is 79.9. The number of rotatable bonds is 5. The zero-order valence-corrected chi connectivity index (χ0v) is 11.5. The average Bonchev–Trinajstić information content (AvgIpc) is 2.92. The molecule has 2 unspecified atom stereocenters. The summed E-state index contributed by atoms with van der Waals surface area (Å²) in [5.41, 5.74) is 1.45. The van der Waals surface area contributed by atoms with E-state index in [0.717, 1.165) is 5.56 Å². The number of alkyl halides is 1. The summed E-state index contributed by atoms with van der Waals surface area (Å²) in [4.78, 5) is 0. The van der Waals surface area contributed by atoms with E-state index in [-0.39, 0.29) is 0 Å². The van der Waals surface area contributed by atoms with Crippen molar-refractivity contribution in [1.82, 2.24) is 0 Å². The van der Waals surface area contributed by atoms with Crippen molar-refractivity contribution in [2.45, 2.75) is 24.9 Å². The van der Waals surface area contributed by atoms with Crippen LogP contribution < -0.4 is 0 Å². The van der Waals surface area contributed by atoms with Gasteiger partial charge in [-0.15, -0.1) is 0 Å². The summed E-state index contributed by atoms with van der Waals surface area (Å²) < 4.78 is 10.9. The normalized spacial score (nSPS) is 19.9. The summed E-state index contributed by atoms with van der Waals surface area (Å²) in [6, 6.07) is 7.35. The highest BCUT2D eigenvalue weighted by Crippen LogP contribution is 2.31. The SMILES string of the molecule is OC(CCBr)C(O)c1ccccc1C1OCCO1. The second kappa shape index (κ2) is 6.63. The average molecular weight is 317 g/mol. The molecule has 1 aromatic rings. The number of benzene rings is 1. The lowest BCUT2D eigenvalue weighted by Gasteiger charge is -2.22. The molecule has 2 rings (SSSR count). The van der Waals surface area contributed by atoms with Gasteiger partial charge in [0.15, 0.2) is 6.29 Å². The van der Waals surface area contributed by atoms with E-state index in [1.807, 2.05) is 18.2 Å². The molecule has 0 aromatic heterocycles. The van der Waals surface area contributed by atoms with Crippen molar-refractivity contribution in [3.8, 4) is 0 Å². The Bertz CT molecular complexity index is 379.